The number of allylic oxidation sites excluding steroid dienone is 2. The Morgan fingerprint density at radius 1 is 1.28 bits per heavy atom. The highest BCUT2D eigenvalue weighted by Crippen LogP contribution is 2.38. The molecule has 1 aromatic heterocycles. The number of benzene rings is 1. The third kappa shape index (κ3) is 3.40. The molecule has 2 unspecified atom stereocenters. The minimum atomic E-state index is -0.445. The number of esters is 1. The number of carbonyl (C=O) groups excluding carboxylic acids is 1. The SMILES string of the molecule is C[C@@H]1CCCCN1CC1C(O)=CC=C2C=C(c3nc4ccccc4s3)C(=O)OC21. The first-order valence-electron chi connectivity index (χ1n) is 10.2. The Labute approximate surface area is 174 Å². The van der Waals surface area contributed by atoms with Crippen molar-refractivity contribution in [2.45, 2.75) is 38.3 Å². The number of carbonyl (C=O) groups is 1. The zero-order valence-corrected chi connectivity index (χ0v) is 17.2. The van der Waals surface area contributed by atoms with E-state index in [0.717, 1.165) is 22.3 Å². The Kier molecular flexibility index (Phi) is 4.76. The number of thiazole rings is 1. The summed E-state index contributed by atoms with van der Waals surface area (Å²) in [6.07, 6.45) is 8.65. The molecule has 3 aliphatic rings. The van der Waals surface area contributed by atoms with E-state index in [4.69, 9.17) is 4.74 Å². The highest BCUT2D eigenvalue weighted by atomic mass is 32.1. The number of ether oxygens (including phenoxy) is 1. The van der Waals surface area contributed by atoms with Gasteiger partial charge in [0.2, 0.25) is 0 Å². The average molecular weight is 409 g/mol. The zero-order chi connectivity index (χ0) is 20.0. The number of aliphatic hydroxyl groups excluding tert-OH is 1. The van der Waals surface area contributed by atoms with Gasteiger partial charge in [0.1, 0.15) is 16.9 Å². The molecule has 1 N–H and O–H groups in total. The van der Waals surface area contributed by atoms with Gasteiger partial charge in [-0.15, -0.1) is 11.3 Å². The van der Waals surface area contributed by atoms with Crippen molar-refractivity contribution in [1.82, 2.24) is 9.88 Å². The maximum absolute atomic E-state index is 12.9. The number of aromatic nitrogens is 1. The van der Waals surface area contributed by atoms with Crippen LogP contribution in [0, 0.1) is 5.92 Å². The second-order valence-corrected chi connectivity index (χ2v) is 9.11. The molecule has 2 aliphatic heterocycles. The van der Waals surface area contributed by atoms with Gasteiger partial charge in [-0.3, -0.25) is 4.90 Å². The lowest BCUT2D eigenvalue weighted by Gasteiger charge is -2.39. The summed E-state index contributed by atoms with van der Waals surface area (Å²) in [7, 11) is 0. The number of rotatable bonds is 3. The van der Waals surface area contributed by atoms with Crippen LogP contribution in [0.25, 0.3) is 15.8 Å². The molecule has 0 amide bonds. The van der Waals surface area contributed by atoms with Crippen molar-refractivity contribution < 1.29 is 14.6 Å². The zero-order valence-electron chi connectivity index (χ0n) is 16.4. The summed E-state index contributed by atoms with van der Waals surface area (Å²) in [5.41, 5.74) is 2.30. The molecule has 5 rings (SSSR count). The molecule has 3 heterocycles. The number of aliphatic hydroxyl groups is 1. The van der Waals surface area contributed by atoms with Crippen LogP contribution in [0.15, 0.2) is 53.8 Å². The van der Waals surface area contributed by atoms with E-state index in [0.29, 0.717) is 28.9 Å². The maximum atomic E-state index is 12.9. The fourth-order valence-electron chi connectivity index (χ4n) is 4.48. The van der Waals surface area contributed by atoms with Gasteiger partial charge < -0.3 is 9.84 Å². The molecular weight excluding hydrogens is 384 g/mol. The summed E-state index contributed by atoms with van der Waals surface area (Å²) in [5.74, 6) is -0.300. The predicted molar refractivity (Wildman–Crippen MR) is 115 cm³/mol. The smallest absolute Gasteiger partial charge is 0.341 e. The highest BCUT2D eigenvalue weighted by molar-refractivity contribution is 7.19. The summed E-state index contributed by atoms with van der Waals surface area (Å²) >= 11 is 1.50. The van der Waals surface area contributed by atoms with Crippen LogP contribution in [0.2, 0.25) is 0 Å². The van der Waals surface area contributed by atoms with Crippen LogP contribution in [0.5, 0.6) is 0 Å². The Morgan fingerprint density at radius 3 is 2.97 bits per heavy atom. The molecule has 1 aromatic carbocycles. The summed E-state index contributed by atoms with van der Waals surface area (Å²) in [6.45, 7) is 3.96. The van der Waals surface area contributed by atoms with Gasteiger partial charge in [0.15, 0.2) is 0 Å². The fraction of sp³-hybridized carbons (Fsp3) is 0.391. The van der Waals surface area contributed by atoms with Gasteiger partial charge in [0.25, 0.3) is 0 Å². The molecule has 0 radical (unpaired) electrons. The Bertz CT molecular complexity index is 1020. The Balaban J connectivity index is 1.44. The van der Waals surface area contributed by atoms with Crippen LogP contribution in [-0.2, 0) is 9.53 Å². The van der Waals surface area contributed by atoms with Crippen LogP contribution in [0.4, 0.5) is 0 Å². The van der Waals surface area contributed by atoms with Gasteiger partial charge in [-0.1, -0.05) is 24.6 Å². The number of piperidine rings is 1. The van der Waals surface area contributed by atoms with E-state index in [1.807, 2.05) is 36.4 Å². The molecule has 0 spiro atoms. The fourth-order valence-corrected chi connectivity index (χ4v) is 5.45. The first-order valence-corrected chi connectivity index (χ1v) is 11.1. The van der Waals surface area contributed by atoms with Gasteiger partial charge >= 0.3 is 5.97 Å². The quantitative estimate of drug-likeness (QED) is 0.759. The van der Waals surface area contributed by atoms with Crippen LogP contribution >= 0.6 is 11.3 Å². The average Bonchev–Trinajstić information content (AvgIpc) is 3.15. The van der Waals surface area contributed by atoms with Crippen molar-refractivity contribution >= 4 is 33.1 Å². The molecule has 6 heteroatoms. The van der Waals surface area contributed by atoms with Gasteiger partial charge in [-0.25, -0.2) is 9.78 Å². The van der Waals surface area contributed by atoms with Crippen LogP contribution in [-0.4, -0.2) is 46.2 Å². The topological polar surface area (TPSA) is 62.7 Å². The van der Waals surface area contributed by atoms with Gasteiger partial charge in [-0.05, 0) is 56.2 Å². The van der Waals surface area contributed by atoms with E-state index < -0.39 is 6.10 Å². The number of likely N-dealkylation sites (tertiary alicyclic amines) is 1. The van der Waals surface area contributed by atoms with Crippen molar-refractivity contribution in [3.63, 3.8) is 0 Å². The summed E-state index contributed by atoms with van der Waals surface area (Å²) in [6, 6.07) is 8.35. The largest absolute Gasteiger partial charge is 0.512 e. The lowest BCUT2D eigenvalue weighted by molar-refractivity contribution is -0.143. The van der Waals surface area contributed by atoms with E-state index in [9.17, 15) is 9.90 Å². The van der Waals surface area contributed by atoms with E-state index in [1.165, 1.54) is 30.6 Å². The van der Waals surface area contributed by atoms with Crippen molar-refractivity contribution in [2.75, 3.05) is 13.1 Å². The second kappa shape index (κ2) is 7.43. The lowest BCUT2D eigenvalue weighted by Crippen LogP contribution is -2.46. The minimum Gasteiger partial charge on any atom is -0.512 e. The van der Waals surface area contributed by atoms with E-state index >= 15 is 0 Å². The summed E-state index contributed by atoms with van der Waals surface area (Å²) in [4.78, 5) is 19.9. The number of nitrogens with zero attached hydrogens (tertiary/aromatic N) is 2. The Hall–Kier alpha value is -2.44. The first kappa shape index (κ1) is 18.6. The van der Waals surface area contributed by atoms with Crippen molar-refractivity contribution in [3.05, 3.63) is 58.8 Å². The normalized spacial score (nSPS) is 27.7. The van der Waals surface area contributed by atoms with Crippen LogP contribution < -0.4 is 0 Å². The van der Waals surface area contributed by atoms with Crippen molar-refractivity contribution in [2.24, 2.45) is 5.92 Å². The molecule has 0 saturated carbocycles. The van der Waals surface area contributed by atoms with Crippen LogP contribution in [0.3, 0.4) is 0 Å². The molecule has 5 nitrogen and oxygen atoms in total. The number of para-hydroxylation sites is 1. The summed E-state index contributed by atoms with van der Waals surface area (Å²) < 4.78 is 6.92. The van der Waals surface area contributed by atoms with Gasteiger partial charge in [-0.2, -0.15) is 0 Å². The monoisotopic (exact) mass is 408 g/mol. The first-order chi connectivity index (χ1) is 14.1. The molecule has 2 aromatic rings. The number of hydrogen-bond acceptors (Lipinski definition) is 6. The molecule has 1 fully saturated rings. The molecule has 1 aliphatic carbocycles. The molecule has 150 valence electrons. The molecular formula is C23H24N2O3S. The highest BCUT2D eigenvalue weighted by Gasteiger charge is 2.39. The number of fused-ring (bicyclic) bond motifs is 2. The molecule has 29 heavy (non-hydrogen) atoms. The molecule has 1 saturated heterocycles. The van der Waals surface area contributed by atoms with Gasteiger partial charge in [0, 0.05) is 12.6 Å². The maximum Gasteiger partial charge on any atom is 0.341 e. The number of hydrogen-bond donors (Lipinski definition) is 1. The van der Waals surface area contributed by atoms with Crippen LogP contribution in [0.1, 0.15) is 31.2 Å². The Morgan fingerprint density at radius 2 is 2.14 bits per heavy atom. The van der Waals surface area contributed by atoms with E-state index in [2.05, 4.69) is 16.8 Å². The standard InChI is InChI=1S/C23H24N2O3S/c1-14-6-4-5-11-25(14)13-17-19(26)10-9-15-12-16(23(27)28-21(15)17)22-24-18-7-2-3-8-20(18)29-22/h2-3,7-10,12,14,17,21,26H,4-6,11,13H2,1H3/t14-,17?,21?/m1/s1. The molecule has 0 bridgehead atoms. The van der Waals surface area contributed by atoms with E-state index in [1.54, 1.807) is 6.08 Å². The lowest BCUT2D eigenvalue weighted by atomic mass is 9.85. The third-order valence-electron chi connectivity index (χ3n) is 6.18. The third-order valence-corrected chi connectivity index (χ3v) is 7.25. The van der Waals surface area contributed by atoms with Gasteiger partial charge in [0.05, 0.1) is 21.7 Å². The predicted octanol–water partition coefficient (Wildman–Crippen LogP) is 4.48. The van der Waals surface area contributed by atoms with E-state index in [-0.39, 0.29) is 11.9 Å². The van der Waals surface area contributed by atoms with Crippen molar-refractivity contribution in [3.8, 4) is 0 Å². The molecule has 3 atom stereocenters. The second-order valence-electron chi connectivity index (χ2n) is 8.08. The van der Waals surface area contributed by atoms with Crippen molar-refractivity contribution in [1.29, 1.82) is 0 Å². The minimum absolute atomic E-state index is 0.229. The summed E-state index contributed by atoms with van der Waals surface area (Å²) in [5, 5.41) is 11.2.